The van der Waals surface area contributed by atoms with Crippen molar-refractivity contribution in [1.82, 2.24) is 14.9 Å². The maximum atomic E-state index is 5.94. The number of nitrogens with zero attached hydrogens (tertiary/aromatic N) is 3. The Morgan fingerprint density at radius 1 is 1.00 bits per heavy atom. The quantitative estimate of drug-likeness (QED) is 0.670. The van der Waals surface area contributed by atoms with Gasteiger partial charge in [0.2, 0.25) is 0 Å². The summed E-state index contributed by atoms with van der Waals surface area (Å²) in [5.74, 6) is 0. The van der Waals surface area contributed by atoms with Gasteiger partial charge in [-0.05, 0) is 60.2 Å². The summed E-state index contributed by atoms with van der Waals surface area (Å²) in [6, 6.07) is 17.3. The largest absolute Gasteiger partial charge is 0.339 e. The number of thiocarbonyl (C=S) groups is 1. The zero-order chi connectivity index (χ0) is 17.5. The number of hydrogen-bond acceptors (Lipinski definition) is 3. The molecule has 0 aliphatic rings. The van der Waals surface area contributed by atoms with Crippen LogP contribution in [0.3, 0.4) is 0 Å². The predicted octanol–water partition coefficient (Wildman–Crippen LogP) is 4.53. The van der Waals surface area contributed by atoms with E-state index in [1.54, 1.807) is 12.4 Å². The molecule has 0 amide bonds. The lowest BCUT2D eigenvalue weighted by Crippen LogP contribution is -2.34. The first-order valence-corrected chi connectivity index (χ1v) is 8.59. The molecular weight excluding hydrogens is 352 g/mol. The molecule has 0 bridgehead atoms. The maximum absolute atomic E-state index is 5.94. The number of pyridine rings is 2. The second kappa shape index (κ2) is 8.55. The fourth-order valence-electron chi connectivity index (χ4n) is 2.33. The van der Waals surface area contributed by atoms with Gasteiger partial charge in [-0.15, -0.1) is 0 Å². The number of anilines is 1. The highest BCUT2D eigenvalue weighted by atomic mass is 35.5. The van der Waals surface area contributed by atoms with Gasteiger partial charge in [0.25, 0.3) is 0 Å². The van der Waals surface area contributed by atoms with Crippen molar-refractivity contribution in [2.24, 2.45) is 0 Å². The molecule has 2 aromatic heterocycles. The molecule has 0 radical (unpaired) electrons. The van der Waals surface area contributed by atoms with Crippen LogP contribution in [-0.4, -0.2) is 20.0 Å². The van der Waals surface area contributed by atoms with Gasteiger partial charge in [0.15, 0.2) is 5.11 Å². The van der Waals surface area contributed by atoms with Crippen molar-refractivity contribution in [2.45, 2.75) is 13.1 Å². The van der Waals surface area contributed by atoms with E-state index in [-0.39, 0.29) is 0 Å². The molecule has 0 aliphatic carbocycles. The average Bonchev–Trinajstić information content (AvgIpc) is 2.65. The molecule has 4 nitrogen and oxygen atoms in total. The van der Waals surface area contributed by atoms with Crippen LogP contribution in [0.5, 0.6) is 0 Å². The number of halogens is 1. The van der Waals surface area contributed by atoms with Crippen molar-refractivity contribution in [2.75, 3.05) is 5.32 Å². The summed E-state index contributed by atoms with van der Waals surface area (Å²) in [7, 11) is 0. The van der Waals surface area contributed by atoms with E-state index in [4.69, 9.17) is 23.8 Å². The minimum absolute atomic E-state index is 0.606. The fourth-order valence-corrected chi connectivity index (χ4v) is 2.71. The predicted molar refractivity (Wildman–Crippen MR) is 105 cm³/mol. The topological polar surface area (TPSA) is 41.0 Å². The summed E-state index contributed by atoms with van der Waals surface area (Å²) >= 11 is 11.6. The zero-order valence-corrected chi connectivity index (χ0v) is 15.0. The second-order valence-corrected chi connectivity index (χ2v) is 6.30. The van der Waals surface area contributed by atoms with Crippen molar-refractivity contribution < 1.29 is 0 Å². The Morgan fingerprint density at radius 3 is 2.52 bits per heavy atom. The summed E-state index contributed by atoms with van der Waals surface area (Å²) in [5.41, 5.74) is 2.93. The normalized spacial score (nSPS) is 10.3. The molecule has 0 spiro atoms. The SMILES string of the molecule is S=C(Nc1ccc(Cl)cc1)N(Cc1cccnc1)Cc1ccccn1. The third-order valence-electron chi connectivity index (χ3n) is 3.56. The van der Waals surface area contributed by atoms with E-state index in [0.717, 1.165) is 16.9 Å². The van der Waals surface area contributed by atoms with Gasteiger partial charge < -0.3 is 10.2 Å². The standard InChI is InChI=1S/C19H17ClN4S/c20-16-6-8-17(9-7-16)23-19(25)24(13-15-4-3-10-21-12-15)14-18-5-1-2-11-22-18/h1-12H,13-14H2,(H,23,25). The van der Waals surface area contributed by atoms with Crippen LogP contribution in [0.15, 0.2) is 73.2 Å². The van der Waals surface area contributed by atoms with E-state index in [9.17, 15) is 0 Å². The number of nitrogens with one attached hydrogen (secondary N) is 1. The Hall–Kier alpha value is -2.50. The number of aromatic nitrogens is 2. The highest BCUT2D eigenvalue weighted by Gasteiger charge is 2.12. The van der Waals surface area contributed by atoms with Crippen LogP contribution in [0.2, 0.25) is 5.02 Å². The first-order chi connectivity index (χ1) is 12.2. The van der Waals surface area contributed by atoms with Crippen LogP contribution in [0, 0.1) is 0 Å². The van der Waals surface area contributed by atoms with Crippen LogP contribution < -0.4 is 5.32 Å². The van der Waals surface area contributed by atoms with Gasteiger partial charge in [-0.1, -0.05) is 23.7 Å². The van der Waals surface area contributed by atoms with E-state index in [0.29, 0.717) is 23.2 Å². The molecule has 0 atom stereocenters. The molecule has 0 fully saturated rings. The van der Waals surface area contributed by atoms with Crippen LogP contribution >= 0.6 is 23.8 Å². The Bertz CT molecular complexity index is 768. The van der Waals surface area contributed by atoms with Gasteiger partial charge in [-0.3, -0.25) is 9.97 Å². The van der Waals surface area contributed by atoms with E-state index in [1.807, 2.05) is 60.8 Å². The molecule has 0 aliphatic heterocycles. The molecule has 6 heteroatoms. The molecule has 1 N–H and O–H groups in total. The average molecular weight is 369 g/mol. The summed E-state index contributed by atoms with van der Waals surface area (Å²) in [5, 5.41) is 4.57. The molecule has 0 saturated heterocycles. The van der Waals surface area contributed by atoms with Gasteiger partial charge in [0.1, 0.15) is 0 Å². The molecule has 3 rings (SSSR count). The van der Waals surface area contributed by atoms with Crippen LogP contribution in [0.25, 0.3) is 0 Å². The molecule has 126 valence electrons. The molecular formula is C19H17ClN4S. The van der Waals surface area contributed by atoms with Crippen molar-refractivity contribution in [3.63, 3.8) is 0 Å². The number of hydrogen-bond donors (Lipinski definition) is 1. The Balaban J connectivity index is 1.76. The smallest absolute Gasteiger partial charge is 0.174 e. The van der Waals surface area contributed by atoms with E-state index in [1.165, 1.54) is 0 Å². The summed E-state index contributed by atoms with van der Waals surface area (Å²) < 4.78 is 0. The zero-order valence-electron chi connectivity index (χ0n) is 13.5. The second-order valence-electron chi connectivity index (χ2n) is 5.48. The Morgan fingerprint density at radius 2 is 1.84 bits per heavy atom. The van der Waals surface area contributed by atoms with Crippen molar-refractivity contribution in [3.8, 4) is 0 Å². The molecule has 0 unspecified atom stereocenters. The van der Waals surface area contributed by atoms with E-state index in [2.05, 4.69) is 20.2 Å². The van der Waals surface area contributed by atoms with Crippen molar-refractivity contribution in [3.05, 3.63) is 89.5 Å². The summed E-state index contributed by atoms with van der Waals surface area (Å²) in [6.45, 7) is 1.25. The molecule has 25 heavy (non-hydrogen) atoms. The van der Waals surface area contributed by atoms with Crippen LogP contribution in [0.4, 0.5) is 5.69 Å². The lowest BCUT2D eigenvalue weighted by molar-refractivity contribution is 0.407. The van der Waals surface area contributed by atoms with E-state index >= 15 is 0 Å². The van der Waals surface area contributed by atoms with Gasteiger partial charge in [0, 0.05) is 35.8 Å². The minimum Gasteiger partial charge on any atom is -0.339 e. The van der Waals surface area contributed by atoms with Crippen LogP contribution in [0.1, 0.15) is 11.3 Å². The van der Waals surface area contributed by atoms with Gasteiger partial charge in [-0.25, -0.2) is 0 Å². The van der Waals surface area contributed by atoms with Crippen molar-refractivity contribution in [1.29, 1.82) is 0 Å². The van der Waals surface area contributed by atoms with E-state index < -0.39 is 0 Å². The minimum atomic E-state index is 0.606. The molecule has 2 heterocycles. The highest BCUT2D eigenvalue weighted by molar-refractivity contribution is 7.80. The molecule has 1 aromatic carbocycles. The lowest BCUT2D eigenvalue weighted by Gasteiger charge is -2.25. The maximum Gasteiger partial charge on any atom is 0.174 e. The van der Waals surface area contributed by atoms with Gasteiger partial charge >= 0.3 is 0 Å². The Labute approximate surface area is 157 Å². The fraction of sp³-hybridized carbons (Fsp3) is 0.105. The molecule has 0 saturated carbocycles. The molecule has 3 aromatic rings. The number of rotatable bonds is 5. The highest BCUT2D eigenvalue weighted by Crippen LogP contribution is 2.16. The Kier molecular flexibility index (Phi) is 5.93. The lowest BCUT2D eigenvalue weighted by atomic mass is 10.2. The monoisotopic (exact) mass is 368 g/mol. The number of benzene rings is 1. The van der Waals surface area contributed by atoms with Crippen molar-refractivity contribution >= 4 is 34.6 Å². The summed E-state index contributed by atoms with van der Waals surface area (Å²) in [4.78, 5) is 10.6. The first-order valence-electron chi connectivity index (χ1n) is 7.81. The first kappa shape index (κ1) is 17.3. The van der Waals surface area contributed by atoms with Crippen LogP contribution in [-0.2, 0) is 13.1 Å². The van der Waals surface area contributed by atoms with Gasteiger partial charge in [-0.2, -0.15) is 0 Å². The van der Waals surface area contributed by atoms with Gasteiger partial charge in [0.05, 0.1) is 12.2 Å². The third kappa shape index (κ3) is 5.24. The third-order valence-corrected chi connectivity index (χ3v) is 4.17. The summed E-state index contributed by atoms with van der Waals surface area (Å²) in [6.07, 6.45) is 5.39.